The maximum Gasteiger partial charge on any atom is 0.304 e. The van der Waals surface area contributed by atoms with Gasteiger partial charge in [-0.2, -0.15) is 0 Å². The molecule has 1 amide bonds. The van der Waals surface area contributed by atoms with Crippen LogP contribution in [0.15, 0.2) is 30.3 Å². The molecular formula is C16H22N2O3. The molecule has 0 aliphatic carbocycles. The first-order valence-electron chi connectivity index (χ1n) is 7.46. The first kappa shape index (κ1) is 15.5. The van der Waals surface area contributed by atoms with Crippen molar-refractivity contribution in [1.29, 1.82) is 0 Å². The van der Waals surface area contributed by atoms with Crippen molar-refractivity contribution in [2.75, 3.05) is 19.6 Å². The molecule has 1 fully saturated rings. The van der Waals surface area contributed by atoms with Gasteiger partial charge in [-0.3, -0.25) is 14.5 Å². The lowest BCUT2D eigenvalue weighted by atomic mass is 10.0. The summed E-state index contributed by atoms with van der Waals surface area (Å²) in [7, 11) is 0. The number of amides is 1. The molecule has 1 unspecified atom stereocenters. The number of carboxylic acids is 1. The van der Waals surface area contributed by atoms with Crippen LogP contribution in [0.25, 0.3) is 0 Å². The Bertz CT molecular complexity index is 476. The summed E-state index contributed by atoms with van der Waals surface area (Å²) in [5.74, 6) is -0.841. The topological polar surface area (TPSA) is 69.6 Å². The Morgan fingerprint density at radius 2 is 2.00 bits per heavy atom. The average molecular weight is 290 g/mol. The van der Waals surface area contributed by atoms with E-state index in [0.29, 0.717) is 18.7 Å². The standard InChI is InChI=1S/C16H22N2O3/c19-15(20)9-11-18-10-5-4-8-14(18)12-17-16(21)13-6-2-1-3-7-13/h1-3,6-7,14H,4-5,8-12H2,(H,17,21)(H,19,20). The van der Waals surface area contributed by atoms with Crippen molar-refractivity contribution in [1.82, 2.24) is 10.2 Å². The number of aliphatic carboxylic acids is 1. The first-order valence-corrected chi connectivity index (χ1v) is 7.46. The van der Waals surface area contributed by atoms with Gasteiger partial charge in [0.1, 0.15) is 0 Å². The molecule has 1 aromatic rings. The summed E-state index contributed by atoms with van der Waals surface area (Å²) in [5, 5.41) is 11.8. The Balaban J connectivity index is 1.84. The Labute approximate surface area is 125 Å². The molecule has 5 nitrogen and oxygen atoms in total. The molecule has 1 aromatic carbocycles. The van der Waals surface area contributed by atoms with Crippen molar-refractivity contribution in [3.05, 3.63) is 35.9 Å². The van der Waals surface area contributed by atoms with Crippen LogP contribution in [0.3, 0.4) is 0 Å². The number of hydrogen-bond acceptors (Lipinski definition) is 3. The van der Waals surface area contributed by atoms with Crippen molar-refractivity contribution in [2.24, 2.45) is 0 Å². The Hall–Kier alpha value is -1.88. The largest absolute Gasteiger partial charge is 0.481 e. The van der Waals surface area contributed by atoms with Gasteiger partial charge in [0, 0.05) is 24.7 Å². The number of benzene rings is 1. The third-order valence-electron chi connectivity index (χ3n) is 3.90. The molecule has 2 N–H and O–H groups in total. The highest BCUT2D eigenvalue weighted by atomic mass is 16.4. The van der Waals surface area contributed by atoms with E-state index < -0.39 is 5.97 Å². The van der Waals surface area contributed by atoms with Crippen LogP contribution in [0.1, 0.15) is 36.0 Å². The minimum atomic E-state index is -0.771. The lowest BCUT2D eigenvalue weighted by molar-refractivity contribution is -0.137. The Kier molecular flexibility index (Phi) is 5.75. The monoisotopic (exact) mass is 290 g/mol. The van der Waals surface area contributed by atoms with Gasteiger partial charge in [0.15, 0.2) is 0 Å². The number of nitrogens with zero attached hydrogens (tertiary/aromatic N) is 1. The molecule has 1 aliphatic rings. The zero-order chi connectivity index (χ0) is 15.1. The summed E-state index contributed by atoms with van der Waals surface area (Å²) in [5.41, 5.74) is 0.658. The van der Waals surface area contributed by atoms with E-state index in [4.69, 9.17) is 5.11 Å². The molecule has 1 saturated heterocycles. The van der Waals surface area contributed by atoms with Gasteiger partial charge in [0.2, 0.25) is 0 Å². The summed E-state index contributed by atoms with van der Waals surface area (Å²) in [4.78, 5) is 24.9. The minimum absolute atomic E-state index is 0.0700. The van der Waals surface area contributed by atoms with Crippen LogP contribution in [0.2, 0.25) is 0 Å². The predicted octanol–water partition coefficient (Wildman–Crippen LogP) is 1.75. The van der Waals surface area contributed by atoms with Crippen LogP contribution in [0.5, 0.6) is 0 Å². The summed E-state index contributed by atoms with van der Waals surface area (Å²) in [6, 6.07) is 9.39. The number of piperidine rings is 1. The van der Waals surface area contributed by atoms with E-state index in [1.807, 2.05) is 18.2 Å². The van der Waals surface area contributed by atoms with Gasteiger partial charge in [-0.05, 0) is 31.5 Å². The molecule has 0 radical (unpaired) electrons. The van der Waals surface area contributed by atoms with E-state index in [1.165, 1.54) is 0 Å². The Morgan fingerprint density at radius 1 is 1.24 bits per heavy atom. The third kappa shape index (κ3) is 4.86. The molecule has 0 bridgehead atoms. The molecule has 21 heavy (non-hydrogen) atoms. The molecule has 1 aliphatic heterocycles. The summed E-state index contributed by atoms with van der Waals surface area (Å²) in [6.45, 7) is 2.05. The lowest BCUT2D eigenvalue weighted by Crippen LogP contribution is -2.47. The van der Waals surface area contributed by atoms with Crippen LogP contribution in [0, 0.1) is 0 Å². The van der Waals surface area contributed by atoms with Crippen LogP contribution in [0.4, 0.5) is 0 Å². The Morgan fingerprint density at radius 3 is 2.71 bits per heavy atom. The second kappa shape index (κ2) is 7.78. The highest BCUT2D eigenvalue weighted by Gasteiger charge is 2.23. The summed E-state index contributed by atoms with van der Waals surface area (Å²) < 4.78 is 0. The number of carbonyl (C=O) groups excluding carboxylic acids is 1. The first-order chi connectivity index (χ1) is 10.2. The van der Waals surface area contributed by atoms with Crippen molar-refractivity contribution in [2.45, 2.75) is 31.7 Å². The van der Waals surface area contributed by atoms with E-state index in [2.05, 4.69) is 10.2 Å². The van der Waals surface area contributed by atoms with Crippen molar-refractivity contribution in [3.63, 3.8) is 0 Å². The zero-order valence-electron chi connectivity index (χ0n) is 12.1. The molecule has 0 aromatic heterocycles. The average Bonchev–Trinajstić information content (AvgIpc) is 2.52. The van der Waals surface area contributed by atoms with Gasteiger partial charge in [0.05, 0.1) is 6.42 Å². The number of nitrogens with one attached hydrogen (secondary N) is 1. The van der Waals surface area contributed by atoms with E-state index in [0.717, 1.165) is 25.8 Å². The van der Waals surface area contributed by atoms with Crippen LogP contribution in [-0.4, -0.2) is 47.6 Å². The number of carbonyl (C=O) groups is 2. The molecule has 5 heteroatoms. The smallest absolute Gasteiger partial charge is 0.304 e. The number of hydrogen-bond donors (Lipinski definition) is 2. The molecule has 1 atom stereocenters. The second-order valence-corrected chi connectivity index (χ2v) is 5.41. The van der Waals surface area contributed by atoms with Crippen LogP contribution in [-0.2, 0) is 4.79 Å². The number of rotatable bonds is 6. The van der Waals surface area contributed by atoms with E-state index in [1.54, 1.807) is 12.1 Å². The summed E-state index contributed by atoms with van der Waals surface area (Å²) >= 11 is 0. The van der Waals surface area contributed by atoms with Gasteiger partial charge in [-0.1, -0.05) is 24.6 Å². The minimum Gasteiger partial charge on any atom is -0.481 e. The predicted molar refractivity (Wildman–Crippen MR) is 80.2 cm³/mol. The van der Waals surface area contributed by atoms with E-state index >= 15 is 0 Å². The molecular weight excluding hydrogens is 268 g/mol. The molecule has 2 rings (SSSR count). The third-order valence-corrected chi connectivity index (χ3v) is 3.90. The maximum atomic E-state index is 12.0. The van der Waals surface area contributed by atoms with Gasteiger partial charge in [-0.25, -0.2) is 0 Å². The van der Waals surface area contributed by atoms with Gasteiger partial charge < -0.3 is 10.4 Å². The molecule has 0 spiro atoms. The highest BCUT2D eigenvalue weighted by Crippen LogP contribution is 2.16. The number of carboxylic acid groups (broad SMARTS) is 1. The quantitative estimate of drug-likeness (QED) is 0.837. The van der Waals surface area contributed by atoms with E-state index in [-0.39, 0.29) is 18.4 Å². The molecule has 1 heterocycles. The van der Waals surface area contributed by atoms with Gasteiger partial charge in [0.25, 0.3) is 5.91 Å². The van der Waals surface area contributed by atoms with Gasteiger partial charge >= 0.3 is 5.97 Å². The fraction of sp³-hybridized carbons (Fsp3) is 0.500. The van der Waals surface area contributed by atoms with Crippen molar-refractivity contribution in [3.8, 4) is 0 Å². The van der Waals surface area contributed by atoms with Crippen LogP contribution >= 0.6 is 0 Å². The fourth-order valence-corrected chi connectivity index (χ4v) is 2.73. The fourth-order valence-electron chi connectivity index (χ4n) is 2.73. The summed E-state index contributed by atoms with van der Waals surface area (Å²) in [6.07, 6.45) is 3.40. The van der Waals surface area contributed by atoms with Crippen molar-refractivity contribution < 1.29 is 14.7 Å². The molecule has 114 valence electrons. The molecule has 0 saturated carbocycles. The second-order valence-electron chi connectivity index (χ2n) is 5.41. The maximum absolute atomic E-state index is 12.0. The van der Waals surface area contributed by atoms with Crippen LogP contribution < -0.4 is 5.32 Å². The zero-order valence-corrected chi connectivity index (χ0v) is 12.1. The highest BCUT2D eigenvalue weighted by molar-refractivity contribution is 5.94. The SMILES string of the molecule is O=C(O)CCN1CCCCC1CNC(=O)c1ccccc1. The van der Waals surface area contributed by atoms with E-state index in [9.17, 15) is 9.59 Å². The number of likely N-dealkylation sites (tertiary alicyclic amines) is 1. The van der Waals surface area contributed by atoms with Gasteiger partial charge in [-0.15, -0.1) is 0 Å². The lowest BCUT2D eigenvalue weighted by Gasteiger charge is -2.35. The normalized spacial score (nSPS) is 19.1. The van der Waals surface area contributed by atoms with Crippen molar-refractivity contribution >= 4 is 11.9 Å².